The topological polar surface area (TPSA) is 78.1 Å². The van der Waals surface area contributed by atoms with Crippen LogP contribution in [0.4, 0.5) is 0 Å². The molecule has 0 saturated carbocycles. The summed E-state index contributed by atoms with van der Waals surface area (Å²) in [7, 11) is 4.50. The molecular weight excluding hydrogens is 459 g/mol. The lowest BCUT2D eigenvalue weighted by atomic mass is 11.6. The molecule has 0 amide bonds. The quantitative estimate of drug-likeness (QED) is 0.448. The molecule has 0 spiro atoms. The third-order valence-electron chi connectivity index (χ3n) is 0. The fraction of sp³-hybridized carbons (Fsp3) is 1.00. The van der Waals surface area contributed by atoms with Gasteiger partial charge in [0.1, 0.15) is 0 Å². The van der Waals surface area contributed by atoms with Gasteiger partial charge in [-0.05, 0) is 21.1 Å². The van der Waals surface area contributed by atoms with Gasteiger partial charge in [-0.25, -0.2) is 0 Å². The third-order valence-corrected chi connectivity index (χ3v) is 0. The van der Waals surface area contributed by atoms with Crippen LogP contribution in [0, 0.1) is 0 Å². The molecule has 0 rings (SSSR count). The molecule has 0 fully saturated rings. The number of halogens is 3. The molecule has 6 heteroatoms. The van der Waals surface area contributed by atoms with Gasteiger partial charge in [0.05, 0.1) is 0 Å². The van der Waals surface area contributed by atoms with Crippen LogP contribution in [0.15, 0.2) is 0 Å². The van der Waals surface area contributed by atoms with E-state index in [4.69, 9.17) is 0 Å². The summed E-state index contributed by atoms with van der Waals surface area (Å²) in [5.74, 6) is 0. The van der Waals surface area contributed by atoms with Crippen LogP contribution in [0.2, 0.25) is 0 Å². The monoisotopic (exact) mass is 477 g/mol. The first-order valence-electron chi connectivity index (χ1n) is 1.73. The van der Waals surface area contributed by atoms with Crippen LogP contribution in [0.5, 0.6) is 0 Å². The van der Waals surface area contributed by atoms with Gasteiger partial charge in [0.2, 0.25) is 0 Å². The van der Waals surface area contributed by atoms with Crippen molar-refractivity contribution in [1.29, 1.82) is 0 Å². The molecule has 6 N–H and O–H groups in total. The molecule has 0 radical (unpaired) electrons. The second-order valence-corrected chi connectivity index (χ2v) is 0. The molecule has 0 bridgehead atoms. The average molecular weight is 477 g/mol. The third kappa shape index (κ3) is 153. The molecule has 0 aromatic carbocycles. The van der Waals surface area contributed by atoms with Gasteiger partial charge >= 0.3 is 0 Å². The van der Waals surface area contributed by atoms with Crippen molar-refractivity contribution in [2.75, 3.05) is 21.1 Å². The van der Waals surface area contributed by atoms with Crippen LogP contribution in [0.1, 0.15) is 0 Å². The van der Waals surface area contributed by atoms with E-state index in [2.05, 4.69) is 17.2 Å². The molecule has 0 aromatic rings. The molecule has 3 nitrogen and oxygen atoms in total. The van der Waals surface area contributed by atoms with Gasteiger partial charge in [-0.15, -0.1) is 71.9 Å². The highest BCUT2D eigenvalue weighted by Crippen LogP contribution is 0.888. The Labute approximate surface area is 109 Å². The van der Waals surface area contributed by atoms with Crippen LogP contribution < -0.4 is 17.2 Å². The van der Waals surface area contributed by atoms with Crippen LogP contribution in [-0.2, 0) is 0 Å². The summed E-state index contributed by atoms with van der Waals surface area (Å²) in [5.41, 5.74) is 13.5. The molecule has 0 aliphatic carbocycles. The zero-order chi connectivity index (χ0) is 6.00. The van der Waals surface area contributed by atoms with Crippen molar-refractivity contribution in [3.05, 3.63) is 0 Å². The van der Waals surface area contributed by atoms with E-state index >= 15 is 0 Å². The first kappa shape index (κ1) is 43.7. The maximum absolute atomic E-state index is 4.50. The van der Waals surface area contributed by atoms with Crippen molar-refractivity contribution in [3.63, 3.8) is 0 Å². The predicted octanol–water partition coefficient (Wildman–Crippen LogP) is 0.579. The lowest BCUT2D eigenvalue weighted by molar-refractivity contribution is 1.48. The maximum atomic E-state index is 4.50. The summed E-state index contributed by atoms with van der Waals surface area (Å²) in [6.45, 7) is 0. The van der Waals surface area contributed by atoms with Crippen molar-refractivity contribution in [3.8, 4) is 0 Å². The molecular formula is C3H18I3N3. The lowest BCUT2D eigenvalue weighted by Crippen LogP contribution is -1.69. The van der Waals surface area contributed by atoms with E-state index in [1.807, 2.05) is 0 Å². The number of rotatable bonds is 0. The number of nitrogens with two attached hydrogens (primary N) is 3. The number of hydrogen-bond donors (Lipinski definition) is 3. The summed E-state index contributed by atoms with van der Waals surface area (Å²) in [6.07, 6.45) is 0. The second kappa shape index (κ2) is 193. The molecule has 0 heterocycles. The molecule has 0 atom stereocenters. The molecule has 0 aromatic heterocycles. The summed E-state index contributed by atoms with van der Waals surface area (Å²) in [4.78, 5) is 0. The van der Waals surface area contributed by atoms with Gasteiger partial charge in [0, 0.05) is 0 Å². The Morgan fingerprint density at radius 1 is 0.444 bits per heavy atom. The summed E-state index contributed by atoms with van der Waals surface area (Å²) >= 11 is 0. The van der Waals surface area contributed by atoms with Crippen LogP contribution in [0.25, 0.3) is 0 Å². The Balaban J connectivity index is -0.00000000321. The highest BCUT2D eigenvalue weighted by Gasteiger charge is 0.840. The molecule has 0 saturated heterocycles. The molecule has 66 valence electrons. The van der Waals surface area contributed by atoms with Gasteiger partial charge in [-0.2, -0.15) is 0 Å². The zero-order valence-corrected chi connectivity index (χ0v) is 12.9. The van der Waals surface area contributed by atoms with E-state index in [9.17, 15) is 0 Å². The Morgan fingerprint density at radius 3 is 0.444 bits per heavy atom. The molecule has 9 heavy (non-hydrogen) atoms. The average Bonchev–Trinajstić information content (AvgIpc) is 1.81. The Kier molecular flexibility index (Phi) is 938. The predicted molar refractivity (Wildman–Crippen MR) is 76.6 cm³/mol. The zero-order valence-electron chi connectivity index (χ0n) is 5.96. The Hall–Kier alpha value is 2.07. The van der Waals surface area contributed by atoms with Crippen LogP contribution >= 0.6 is 71.9 Å². The van der Waals surface area contributed by atoms with E-state index < -0.39 is 0 Å². The minimum Gasteiger partial charge on any atom is -0.333 e. The van der Waals surface area contributed by atoms with Crippen molar-refractivity contribution in [2.24, 2.45) is 17.2 Å². The number of hydrogen-bond acceptors (Lipinski definition) is 3. The summed E-state index contributed by atoms with van der Waals surface area (Å²) in [6, 6.07) is 0. The van der Waals surface area contributed by atoms with Gasteiger partial charge in [0.15, 0.2) is 0 Å². The van der Waals surface area contributed by atoms with E-state index in [-0.39, 0.29) is 71.9 Å². The van der Waals surface area contributed by atoms with Gasteiger partial charge in [-0.1, -0.05) is 0 Å². The standard InChI is InChI=1S/3CH5N.3HI/c3*1-2;;;/h3*2H2,1H3;3*1H. The largest absolute Gasteiger partial charge is 0.333 e. The first-order chi connectivity index (χ1) is 3.00. The molecule has 0 unspecified atom stereocenters. The molecule has 0 aliphatic rings. The maximum Gasteiger partial charge on any atom is -0.0195 e. The highest BCUT2D eigenvalue weighted by atomic mass is 127. The lowest BCUT2D eigenvalue weighted by Gasteiger charge is -1.19. The van der Waals surface area contributed by atoms with Crippen LogP contribution in [0.3, 0.4) is 0 Å². The highest BCUT2D eigenvalue weighted by molar-refractivity contribution is 14.0. The second-order valence-electron chi connectivity index (χ2n) is 0. The van der Waals surface area contributed by atoms with E-state index in [1.165, 1.54) is 21.1 Å². The fourth-order valence-corrected chi connectivity index (χ4v) is 0. The van der Waals surface area contributed by atoms with E-state index in [0.29, 0.717) is 0 Å². The first-order valence-corrected chi connectivity index (χ1v) is 1.73. The van der Waals surface area contributed by atoms with Crippen molar-refractivity contribution >= 4 is 71.9 Å². The Morgan fingerprint density at radius 2 is 0.444 bits per heavy atom. The summed E-state index contributed by atoms with van der Waals surface area (Å²) < 4.78 is 0. The normalized spacial score (nSPS) is 2.00. The van der Waals surface area contributed by atoms with E-state index in [0.717, 1.165) is 0 Å². The van der Waals surface area contributed by atoms with Gasteiger partial charge in [-0.3, -0.25) is 0 Å². The van der Waals surface area contributed by atoms with Crippen molar-refractivity contribution < 1.29 is 0 Å². The Bertz CT molecular complexity index is 14.3. The minimum atomic E-state index is 0. The van der Waals surface area contributed by atoms with Gasteiger partial charge < -0.3 is 17.2 Å². The van der Waals surface area contributed by atoms with Crippen LogP contribution in [-0.4, -0.2) is 21.1 Å². The SMILES string of the molecule is CN.CN.CN.I.I.I. The summed E-state index contributed by atoms with van der Waals surface area (Å²) in [5, 5.41) is 0. The fourth-order valence-electron chi connectivity index (χ4n) is 0. The smallest absolute Gasteiger partial charge is 0.0195 e. The van der Waals surface area contributed by atoms with Crippen molar-refractivity contribution in [1.82, 2.24) is 0 Å². The van der Waals surface area contributed by atoms with Crippen molar-refractivity contribution in [2.45, 2.75) is 0 Å². The van der Waals surface area contributed by atoms with E-state index in [1.54, 1.807) is 0 Å². The van der Waals surface area contributed by atoms with Gasteiger partial charge in [0.25, 0.3) is 0 Å². The minimum absolute atomic E-state index is 0. The molecule has 0 aliphatic heterocycles.